The molecule has 1 aromatic heterocycles. The minimum absolute atomic E-state index is 0.100. The van der Waals surface area contributed by atoms with Gasteiger partial charge in [-0.25, -0.2) is 9.78 Å². The number of likely N-dealkylation sites (tertiary alicyclic amines) is 1. The molecule has 0 spiro atoms. The van der Waals surface area contributed by atoms with Crippen molar-refractivity contribution in [3.8, 4) is 0 Å². The van der Waals surface area contributed by atoms with Crippen LogP contribution in [-0.4, -0.2) is 82.5 Å². The van der Waals surface area contributed by atoms with Crippen LogP contribution in [0.2, 0.25) is 0 Å². The average molecular weight is 542 g/mol. The number of aromatic nitrogens is 1. The minimum Gasteiger partial charge on any atom is -0.480 e. The maximum atomic E-state index is 13.0. The molecule has 216 valence electrons. The molecule has 3 aliphatic rings. The molecular formula is C30H47N5O4. The molecule has 2 unspecified atom stereocenters. The number of carbonyl (C=O) groups excluding carboxylic acids is 2. The summed E-state index contributed by atoms with van der Waals surface area (Å²) in [7, 11) is 0. The fourth-order valence-corrected chi connectivity index (χ4v) is 5.79. The third-order valence-electron chi connectivity index (χ3n) is 8.35. The molecule has 0 bridgehead atoms. The summed E-state index contributed by atoms with van der Waals surface area (Å²) in [6, 6.07) is 3.98. The van der Waals surface area contributed by atoms with Gasteiger partial charge in [0.2, 0.25) is 11.8 Å². The number of hydrogen-bond donors (Lipinski definition) is 3. The van der Waals surface area contributed by atoms with Crippen LogP contribution in [0.5, 0.6) is 0 Å². The van der Waals surface area contributed by atoms with Crippen molar-refractivity contribution in [3.63, 3.8) is 0 Å². The molecule has 2 atom stereocenters. The topological polar surface area (TPSA) is 115 Å². The predicted octanol–water partition coefficient (Wildman–Crippen LogP) is 3.62. The highest BCUT2D eigenvalue weighted by Crippen LogP contribution is 2.28. The Bertz CT molecular complexity index is 982. The molecule has 2 amide bonds. The van der Waals surface area contributed by atoms with E-state index in [4.69, 9.17) is 4.98 Å². The third-order valence-corrected chi connectivity index (χ3v) is 8.35. The average Bonchev–Trinajstić information content (AvgIpc) is 3.80. The highest BCUT2D eigenvalue weighted by Gasteiger charge is 2.33. The molecule has 4 rings (SSSR count). The summed E-state index contributed by atoms with van der Waals surface area (Å²) in [5.74, 6) is -0.413. The van der Waals surface area contributed by atoms with Crippen molar-refractivity contribution in [2.45, 2.75) is 102 Å². The smallest absolute Gasteiger partial charge is 0.326 e. The van der Waals surface area contributed by atoms with Crippen LogP contribution in [0.3, 0.4) is 0 Å². The fraction of sp³-hybridized carbons (Fsp3) is 0.733. The molecule has 39 heavy (non-hydrogen) atoms. The summed E-state index contributed by atoms with van der Waals surface area (Å²) >= 11 is 0. The Balaban J connectivity index is 1.21. The Kier molecular flexibility index (Phi) is 11.0. The van der Waals surface area contributed by atoms with Gasteiger partial charge in [-0.2, -0.15) is 0 Å². The van der Waals surface area contributed by atoms with Gasteiger partial charge in [0, 0.05) is 44.3 Å². The zero-order valence-electron chi connectivity index (χ0n) is 23.6. The van der Waals surface area contributed by atoms with E-state index in [9.17, 15) is 19.5 Å². The summed E-state index contributed by atoms with van der Waals surface area (Å²) in [4.78, 5) is 46.4. The van der Waals surface area contributed by atoms with Gasteiger partial charge in [-0.05, 0) is 88.8 Å². The lowest BCUT2D eigenvalue weighted by atomic mass is 9.96. The van der Waals surface area contributed by atoms with E-state index in [1.54, 1.807) is 4.90 Å². The van der Waals surface area contributed by atoms with Crippen molar-refractivity contribution >= 4 is 23.6 Å². The zero-order chi connectivity index (χ0) is 27.6. The van der Waals surface area contributed by atoms with Gasteiger partial charge in [-0.15, -0.1) is 0 Å². The van der Waals surface area contributed by atoms with Crippen LogP contribution in [-0.2, 0) is 27.2 Å². The molecule has 1 saturated heterocycles. The Hall–Kier alpha value is -2.68. The highest BCUT2D eigenvalue weighted by atomic mass is 16.4. The van der Waals surface area contributed by atoms with Crippen LogP contribution in [0.25, 0.3) is 0 Å². The number of piperidine rings is 1. The second kappa shape index (κ2) is 14.6. The standard InChI is InChI=1S/C30H47N5O4/c1-2-3-11-27(36)35-19-7-9-23(21-35)29(37)33-26(30(38)39)16-20-34(25-14-15-25)18-5-4-10-24-13-12-22-8-6-17-31-28(22)32-24/h12-13,23,25-26H,2-11,14-21H2,1H3,(H,31,32)(H,33,37)(H,38,39). The van der Waals surface area contributed by atoms with Gasteiger partial charge in [0.05, 0.1) is 5.92 Å². The van der Waals surface area contributed by atoms with Crippen molar-refractivity contribution < 1.29 is 19.5 Å². The monoisotopic (exact) mass is 541 g/mol. The number of rotatable bonds is 15. The first-order valence-corrected chi connectivity index (χ1v) is 15.2. The van der Waals surface area contributed by atoms with Crippen molar-refractivity contribution in [2.24, 2.45) is 5.92 Å². The molecule has 2 fully saturated rings. The summed E-state index contributed by atoms with van der Waals surface area (Å²) < 4.78 is 0. The van der Waals surface area contributed by atoms with Gasteiger partial charge in [0.1, 0.15) is 11.9 Å². The fourth-order valence-electron chi connectivity index (χ4n) is 5.79. The number of carboxylic acids is 1. The predicted molar refractivity (Wildman–Crippen MR) is 152 cm³/mol. The van der Waals surface area contributed by atoms with Gasteiger partial charge in [-0.3, -0.25) is 9.59 Å². The number of hydrogen-bond acceptors (Lipinski definition) is 6. The minimum atomic E-state index is -0.988. The SMILES string of the molecule is CCCCC(=O)N1CCCC(C(=O)NC(CCN(CCCCc2ccc3c(n2)NCCC3)C2CC2)C(=O)O)C1. The Morgan fingerprint density at radius 2 is 2.00 bits per heavy atom. The van der Waals surface area contributed by atoms with E-state index in [-0.39, 0.29) is 17.7 Å². The second-order valence-electron chi connectivity index (χ2n) is 11.5. The summed E-state index contributed by atoms with van der Waals surface area (Å²) in [5.41, 5.74) is 2.44. The zero-order valence-corrected chi connectivity index (χ0v) is 23.6. The number of pyridine rings is 1. The number of aliphatic carboxylic acids is 1. The van der Waals surface area contributed by atoms with E-state index >= 15 is 0 Å². The summed E-state index contributed by atoms with van der Waals surface area (Å²) in [6.45, 7) is 5.73. The van der Waals surface area contributed by atoms with Crippen LogP contribution < -0.4 is 10.6 Å². The number of aryl methyl sites for hydroxylation is 2. The number of anilines is 1. The molecule has 1 aliphatic carbocycles. The number of carboxylic acid groups (broad SMARTS) is 1. The first-order chi connectivity index (χ1) is 18.9. The highest BCUT2D eigenvalue weighted by molar-refractivity contribution is 5.86. The lowest BCUT2D eigenvalue weighted by molar-refractivity contribution is -0.144. The Morgan fingerprint density at radius 3 is 2.77 bits per heavy atom. The van der Waals surface area contributed by atoms with Crippen molar-refractivity contribution in [1.29, 1.82) is 0 Å². The van der Waals surface area contributed by atoms with Gasteiger partial charge in [0.25, 0.3) is 0 Å². The Morgan fingerprint density at radius 1 is 1.15 bits per heavy atom. The van der Waals surface area contributed by atoms with Crippen molar-refractivity contribution in [3.05, 3.63) is 23.4 Å². The third kappa shape index (κ3) is 8.92. The van der Waals surface area contributed by atoms with E-state index in [1.165, 1.54) is 5.56 Å². The molecule has 1 aromatic rings. The first kappa shape index (κ1) is 29.3. The molecule has 3 N–H and O–H groups in total. The molecule has 2 aliphatic heterocycles. The van der Waals surface area contributed by atoms with E-state index in [0.717, 1.165) is 88.8 Å². The van der Waals surface area contributed by atoms with Crippen LogP contribution in [0, 0.1) is 5.92 Å². The molecule has 0 aromatic carbocycles. The van der Waals surface area contributed by atoms with E-state index < -0.39 is 12.0 Å². The largest absolute Gasteiger partial charge is 0.480 e. The first-order valence-electron chi connectivity index (χ1n) is 15.2. The number of nitrogens with zero attached hydrogens (tertiary/aromatic N) is 3. The van der Waals surface area contributed by atoms with Gasteiger partial charge < -0.3 is 25.5 Å². The molecular weight excluding hydrogens is 494 g/mol. The quantitative estimate of drug-likeness (QED) is 0.291. The molecule has 1 saturated carbocycles. The maximum absolute atomic E-state index is 13.0. The van der Waals surface area contributed by atoms with E-state index in [0.29, 0.717) is 44.9 Å². The summed E-state index contributed by atoms with van der Waals surface area (Å²) in [5, 5.41) is 16.0. The lowest BCUT2D eigenvalue weighted by Crippen LogP contribution is -2.50. The van der Waals surface area contributed by atoms with Crippen LogP contribution >= 0.6 is 0 Å². The van der Waals surface area contributed by atoms with E-state index in [2.05, 4.69) is 34.6 Å². The normalized spacial score (nSPS) is 19.7. The van der Waals surface area contributed by atoms with Gasteiger partial charge in [0.15, 0.2) is 0 Å². The van der Waals surface area contributed by atoms with Crippen molar-refractivity contribution in [1.82, 2.24) is 20.1 Å². The number of nitrogens with one attached hydrogen (secondary N) is 2. The second-order valence-corrected chi connectivity index (χ2v) is 11.5. The van der Waals surface area contributed by atoms with Gasteiger partial charge in [-0.1, -0.05) is 19.4 Å². The number of amides is 2. The van der Waals surface area contributed by atoms with Crippen LogP contribution in [0.1, 0.15) is 88.8 Å². The van der Waals surface area contributed by atoms with Crippen LogP contribution in [0.4, 0.5) is 5.82 Å². The molecule has 9 heteroatoms. The number of unbranched alkanes of at least 4 members (excludes halogenated alkanes) is 2. The molecule has 3 heterocycles. The molecule has 0 radical (unpaired) electrons. The summed E-state index contributed by atoms with van der Waals surface area (Å²) in [6.07, 6.45) is 11.8. The van der Waals surface area contributed by atoms with Gasteiger partial charge >= 0.3 is 5.97 Å². The van der Waals surface area contributed by atoms with E-state index in [1.807, 2.05) is 0 Å². The lowest BCUT2D eigenvalue weighted by Gasteiger charge is -2.33. The number of carbonyl (C=O) groups is 3. The van der Waals surface area contributed by atoms with Crippen LogP contribution in [0.15, 0.2) is 12.1 Å². The number of fused-ring (bicyclic) bond motifs is 1. The maximum Gasteiger partial charge on any atom is 0.326 e. The Labute approximate surface area is 233 Å². The molecule has 9 nitrogen and oxygen atoms in total. The van der Waals surface area contributed by atoms with Crippen molar-refractivity contribution in [2.75, 3.05) is 38.0 Å².